The highest BCUT2D eigenvalue weighted by atomic mass is 35.5. The zero-order chi connectivity index (χ0) is 16.9. The van der Waals surface area contributed by atoms with Crippen LogP contribution in [0, 0.1) is 0 Å². The van der Waals surface area contributed by atoms with E-state index in [1.807, 2.05) is 12.1 Å². The number of thioether (sulfide) groups is 1. The standard InChI is InChI=1S/C17H15Cl2NO3S/c18-13-3-1-11(7-14(13)19)9-24-6-5-17(21)20-12-2-4-15-16(8-12)23-10-22-15/h1-4,7-8H,5-6,9-10H2,(H,20,21). The number of carbonyl (C=O) groups excluding carboxylic acids is 1. The Morgan fingerprint density at radius 1 is 1.08 bits per heavy atom. The molecule has 0 radical (unpaired) electrons. The molecule has 0 saturated carbocycles. The van der Waals surface area contributed by atoms with E-state index in [1.165, 1.54) is 0 Å². The number of nitrogens with one attached hydrogen (secondary N) is 1. The summed E-state index contributed by atoms with van der Waals surface area (Å²) in [5.74, 6) is 2.83. The zero-order valence-electron chi connectivity index (χ0n) is 12.7. The maximum atomic E-state index is 12.0. The SMILES string of the molecule is O=C(CCSCc1ccc(Cl)c(Cl)c1)Nc1ccc2c(c1)OCO2. The smallest absolute Gasteiger partial charge is 0.231 e. The molecular weight excluding hydrogens is 369 g/mol. The Morgan fingerprint density at radius 3 is 2.75 bits per heavy atom. The Morgan fingerprint density at radius 2 is 1.92 bits per heavy atom. The van der Waals surface area contributed by atoms with Gasteiger partial charge in [0.25, 0.3) is 0 Å². The fourth-order valence-corrected chi connectivity index (χ4v) is 3.39. The lowest BCUT2D eigenvalue weighted by Crippen LogP contribution is -2.12. The van der Waals surface area contributed by atoms with E-state index in [4.69, 9.17) is 32.7 Å². The van der Waals surface area contributed by atoms with Gasteiger partial charge in [0.1, 0.15) is 0 Å². The summed E-state index contributed by atoms with van der Waals surface area (Å²) in [5, 5.41) is 3.96. The Hall–Kier alpha value is -1.56. The number of fused-ring (bicyclic) bond motifs is 1. The van der Waals surface area contributed by atoms with Gasteiger partial charge < -0.3 is 14.8 Å². The van der Waals surface area contributed by atoms with Gasteiger partial charge >= 0.3 is 0 Å². The predicted molar refractivity (Wildman–Crippen MR) is 98.4 cm³/mol. The molecule has 0 spiro atoms. The molecule has 0 unspecified atom stereocenters. The second-order valence-electron chi connectivity index (χ2n) is 5.17. The fraction of sp³-hybridized carbons (Fsp3) is 0.235. The maximum absolute atomic E-state index is 12.0. The molecule has 2 aromatic carbocycles. The van der Waals surface area contributed by atoms with Crippen LogP contribution in [0.3, 0.4) is 0 Å². The Balaban J connectivity index is 1.42. The van der Waals surface area contributed by atoms with Crippen molar-refractivity contribution in [3.8, 4) is 11.5 Å². The lowest BCUT2D eigenvalue weighted by molar-refractivity contribution is -0.115. The minimum Gasteiger partial charge on any atom is -0.454 e. The van der Waals surface area contributed by atoms with E-state index in [9.17, 15) is 4.79 Å². The van der Waals surface area contributed by atoms with Crippen LogP contribution in [-0.4, -0.2) is 18.5 Å². The topological polar surface area (TPSA) is 47.6 Å². The van der Waals surface area contributed by atoms with Crippen molar-refractivity contribution in [3.05, 3.63) is 52.0 Å². The van der Waals surface area contributed by atoms with E-state index in [2.05, 4.69) is 5.32 Å². The highest BCUT2D eigenvalue weighted by Gasteiger charge is 2.14. The molecule has 0 fully saturated rings. The normalized spacial score (nSPS) is 12.2. The van der Waals surface area contributed by atoms with Crippen LogP contribution in [-0.2, 0) is 10.5 Å². The van der Waals surface area contributed by atoms with E-state index < -0.39 is 0 Å². The number of benzene rings is 2. The molecule has 4 nitrogen and oxygen atoms in total. The first kappa shape index (κ1) is 17.3. The van der Waals surface area contributed by atoms with Crippen LogP contribution >= 0.6 is 35.0 Å². The largest absolute Gasteiger partial charge is 0.454 e. The molecule has 0 aliphatic carbocycles. The zero-order valence-corrected chi connectivity index (χ0v) is 15.0. The van der Waals surface area contributed by atoms with Crippen molar-refractivity contribution in [1.82, 2.24) is 0 Å². The molecule has 7 heteroatoms. The summed E-state index contributed by atoms with van der Waals surface area (Å²) in [4.78, 5) is 12.0. The number of halogens is 2. The number of rotatable bonds is 6. The van der Waals surface area contributed by atoms with E-state index in [-0.39, 0.29) is 12.7 Å². The molecule has 1 N–H and O–H groups in total. The van der Waals surface area contributed by atoms with Gasteiger partial charge in [-0.2, -0.15) is 11.8 Å². The monoisotopic (exact) mass is 383 g/mol. The van der Waals surface area contributed by atoms with Crippen molar-refractivity contribution in [2.24, 2.45) is 0 Å². The van der Waals surface area contributed by atoms with Crippen molar-refractivity contribution in [2.45, 2.75) is 12.2 Å². The molecule has 3 rings (SSSR count). The average molecular weight is 384 g/mol. The minimum absolute atomic E-state index is 0.0319. The molecule has 126 valence electrons. The first-order valence-corrected chi connectivity index (χ1v) is 9.24. The van der Waals surface area contributed by atoms with Crippen LogP contribution in [0.15, 0.2) is 36.4 Å². The first-order chi connectivity index (χ1) is 11.6. The highest BCUT2D eigenvalue weighted by Crippen LogP contribution is 2.34. The van der Waals surface area contributed by atoms with Gasteiger partial charge in [0.15, 0.2) is 11.5 Å². The summed E-state index contributed by atoms with van der Waals surface area (Å²) in [7, 11) is 0. The highest BCUT2D eigenvalue weighted by molar-refractivity contribution is 7.98. The summed E-state index contributed by atoms with van der Waals surface area (Å²) in [6, 6.07) is 10.9. The lowest BCUT2D eigenvalue weighted by atomic mass is 10.2. The summed E-state index contributed by atoms with van der Waals surface area (Å²) < 4.78 is 10.5. The minimum atomic E-state index is -0.0319. The number of hydrogen-bond donors (Lipinski definition) is 1. The van der Waals surface area contributed by atoms with Crippen molar-refractivity contribution in [1.29, 1.82) is 0 Å². The third-order valence-corrected chi connectivity index (χ3v) is 5.15. The van der Waals surface area contributed by atoms with Gasteiger partial charge in [-0.25, -0.2) is 0 Å². The number of anilines is 1. The number of amides is 1. The molecule has 1 amide bonds. The molecule has 1 heterocycles. The van der Waals surface area contributed by atoms with E-state index >= 15 is 0 Å². The van der Waals surface area contributed by atoms with Gasteiger partial charge in [-0.3, -0.25) is 4.79 Å². The molecule has 0 aromatic heterocycles. The summed E-state index contributed by atoms with van der Waals surface area (Å²) in [6.45, 7) is 0.220. The number of carbonyl (C=O) groups is 1. The van der Waals surface area contributed by atoms with Crippen LogP contribution in [0.1, 0.15) is 12.0 Å². The average Bonchev–Trinajstić information content (AvgIpc) is 3.02. The van der Waals surface area contributed by atoms with Crippen molar-refractivity contribution in [3.63, 3.8) is 0 Å². The summed E-state index contributed by atoms with van der Waals surface area (Å²) in [6.07, 6.45) is 0.431. The molecular formula is C17H15Cl2NO3S. The number of hydrogen-bond acceptors (Lipinski definition) is 4. The summed E-state index contributed by atoms with van der Waals surface area (Å²) >= 11 is 13.5. The predicted octanol–water partition coefficient (Wildman–Crippen LogP) is 4.98. The Bertz CT molecular complexity index is 755. The lowest BCUT2D eigenvalue weighted by Gasteiger charge is -2.07. The van der Waals surface area contributed by atoms with Crippen molar-refractivity contribution >= 4 is 46.6 Å². The number of ether oxygens (including phenoxy) is 2. The quantitative estimate of drug-likeness (QED) is 0.714. The van der Waals surface area contributed by atoms with Crippen LogP contribution in [0.5, 0.6) is 11.5 Å². The van der Waals surface area contributed by atoms with Crippen LogP contribution in [0.25, 0.3) is 0 Å². The van der Waals surface area contributed by atoms with E-state index in [0.717, 1.165) is 17.1 Å². The van der Waals surface area contributed by atoms with Gasteiger partial charge in [-0.05, 0) is 29.8 Å². The Kier molecular flexibility index (Phi) is 5.76. The maximum Gasteiger partial charge on any atom is 0.231 e. The van der Waals surface area contributed by atoms with Crippen LogP contribution < -0.4 is 14.8 Å². The molecule has 0 saturated heterocycles. The van der Waals surface area contributed by atoms with Crippen LogP contribution in [0.2, 0.25) is 10.0 Å². The molecule has 0 atom stereocenters. The molecule has 1 aliphatic heterocycles. The molecule has 2 aromatic rings. The first-order valence-electron chi connectivity index (χ1n) is 7.33. The molecule has 1 aliphatic rings. The van der Waals surface area contributed by atoms with Crippen molar-refractivity contribution < 1.29 is 14.3 Å². The second-order valence-corrected chi connectivity index (χ2v) is 7.09. The third kappa shape index (κ3) is 4.50. The van der Waals surface area contributed by atoms with Gasteiger partial charge in [0.05, 0.1) is 10.0 Å². The van der Waals surface area contributed by atoms with E-state index in [0.29, 0.717) is 33.7 Å². The van der Waals surface area contributed by atoms with Gasteiger partial charge in [-0.15, -0.1) is 0 Å². The summed E-state index contributed by atoms with van der Waals surface area (Å²) in [5.41, 5.74) is 1.80. The Labute approximate surface area is 154 Å². The van der Waals surface area contributed by atoms with E-state index in [1.54, 1.807) is 36.0 Å². The molecule has 0 bridgehead atoms. The van der Waals surface area contributed by atoms with Crippen LogP contribution in [0.4, 0.5) is 5.69 Å². The van der Waals surface area contributed by atoms with Crippen molar-refractivity contribution in [2.75, 3.05) is 17.9 Å². The third-order valence-electron chi connectivity index (χ3n) is 3.38. The van der Waals surface area contributed by atoms with Gasteiger partial charge in [-0.1, -0.05) is 29.3 Å². The van der Waals surface area contributed by atoms with Gasteiger partial charge in [0.2, 0.25) is 12.7 Å². The fourth-order valence-electron chi connectivity index (χ4n) is 2.18. The molecule has 24 heavy (non-hydrogen) atoms. The second kappa shape index (κ2) is 8.01. The van der Waals surface area contributed by atoms with Gasteiger partial charge in [0, 0.05) is 29.7 Å².